The maximum Gasteiger partial charge on any atom is 0.416 e. The molecule has 1 N–H and O–H groups in total. The summed E-state index contributed by atoms with van der Waals surface area (Å²) in [6, 6.07) is 2.67. The smallest absolute Gasteiger partial charge is 0.416 e. The summed E-state index contributed by atoms with van der Waals surface area (Å²) in [5.74, 6) is -0.674. The van der Waals surface area contributed by atoms with Crippen LogP contribution in [0.1, 0.15) is 18.9 Å². The van der Waals surface area contributed by atoms with Crippen LogP contribution in [0.5, 0.6) is 0 Å². The van der Waals surface area contributed by atoms with Gasteiger partial charge in [0, 0.05) is 23.5 Å². The number of alkyl halides is 3. The second kappa shape index (κ2) is 7.30. The van der Waals surface area contributed by atoms with Gasteiger partial charge in [0.25, 0.3) is 5.91 Å². The highest BCUT2D eigenvalue weighted by atomic mass is 35.5. The monoisotopic (exact) mass is 377 g/mol. The Kier molecular flexibility index (Phi) is 5.56. The minimum absolute atomic E-state index is 0.0877. The summed E-state index contributed by atoms with van der Waals surface area (Å²) < 4.78 is 43.1. The molecule has 1 aliphatic heterocycles. The van der Waals surface area contributed by atoms with E-state index in [1.54, 1.807) is 6.92 Å². The highest BCUT2D eigenvalue weighted by molar-refractivity contribution is 6.31. The van der Waals surface area contributed by atoms with Gasteiger partial charge in [0.05, 0.1) is 18.1 Å². The molecular formula is C15H15ClF3N3O3. The van der Waals surface area contributed by atoms with Gasteiger partial charge in [-0.2, -0.15) is 18.3 Å². The van der Waals surface area contributed by atoms with Crippen LogP contribution in [-0.2, 0) is 15.7 Å². The van der Waals surface area contributed by atoms with E-state index in [9.17, 15) is 22.8 Å². The van der Waals surface area contributed by atoms with E-state index in [-0.39, 0.29) is 29.6 Å². The molecule has 0 saturated carbocycles. The third kappa shape index (κ3) is 4.85. The van der Waals surface area contributed by atoms with Crippen LogP contribution in [0.2, 0.25) is 5.02 Å². The van der Waals surface area contributed by atoms with Gasteiger partial charge in [-0.25, -0.2) is 9.80 Å². The van der Waals surface area contributed by atoms with Crippen LogP contribution in [0.4, 0.5) is 23.7 Å². The average Bonchev–Trinajstić information content (AvgIpc) is 2.72. The molecular weight excluding hydrogens is 363 g/mol. The predicted octanol–water partition coefficient (Wildman–Crippen LogP) is 3.76. The molecule has 1 aromatic rings. The molecule has 0 radical (unpaired) electrons. The quantitative estimate of drug-likeness (QED) is 0.868. The number of benzene rings is 1. The van der Waals surface area contributed by atoms with Gasteiger partial charge in [-0.3, -0.25) is 10.1 Å². The number of nitrogens with one attached hydrogen (secondary N) is 1. The fraction of sp³-hybridized carbons (Fsp3) is 0.400. The summed E-state index contributed by atoms with van der Waals surface area (Å²) in [5, 5.41) is 7.21. The normalized spacial score (nSPS) is 17.5. The maximum absolute atomic E-state index is 12.7. The molecule has 2 amide bonds. The van der Waals surface area contributed by atoms with Gasteiger partial charge in [0.1, 0.15) is 0 Å². The van der Waals surface area contributed by atoms with Crippen LogP contribution in [0.15, 0.2) is 23.3 Å². The van der Waals surface area contributed by atoms with Crippen molar-refractivity contribution in [1.29, 1.82) is 0 Å². The standard InChI is InChI=1S/C15H15ClF3N3O3/c1-8-12(13(23)22(2)21-8)3-4-25-14(24)20-11-6-9(15(17,18)19)5-10(16)7-11/h5-7,12H,3-4H2,1-2H3,(H,20,24). The molecule has 1 unspecified atom stereocenters. The topological polar surface area (TPSA) is 71.0 Å². The molecule has 0 aromatic heterocycles. The number of ether oxygens (including phenoxy) is 1. The van der Waals surface area contributed by atoms with E-state index in [2.05, 4.69) is 10.4 Å². The number of rotatable bonds is 4. The molecule has 6 nitrogen and oxygen atoms in total. The van der Waals surface area contributed by atoms with Crippen molar-refractivity contribution in [3.63, 3.8) is 0 Å². The molecule has 0 spiro atoms. The van der Waals surface area contributed by atoms with Crippen LogP contribution in [0, 0.1) is 5.92 Å². The zero-order chi connectivity index (χ0) is 18.8. The largest absolute Gasteiger partial charge is 0.449 e. The minimum atomic E-state index is -4.59. The fourth-order valence-electron chi connectivity index (χ4n) is 2.34. The molecule has 0 saturated heterocycles. The summed E-state index contributed by atoms with van der Waals surface area (Å²) in [5.41, 5.74) is -0.512. The Balaban J connectivity index is 1.90. The molecule has 1 aromatic carbocycles. The third-order valence-electron chi connectivity index (χ3n) is 3.54. The van der Waals surface area contributed by atoms with Crippen molar-refractivity contribution in [3.8, 4) is 0 Å². The Hall–Kier alpha value is -2.29. The third-order valence-corrected chi connectivity index (χ3v) is 3.76. The molecule has 0 fully saturated rings. The Bertz CT molecular complexity index is 722. The Morgan fingerprint density at radius 3 is 2.64 bits per heavy atom. The SMILES string of the molecule is CC1=NN(C)C(=O)C1CCOC(=O)Nc1cc(Cl)cc(C(F)(F)F)c1. The summed E-state index contributed by atoms with van der Waals surface area (Å²) >= 11 is 5.63. The van der Waals surface area contributed by atoms with Gasteiger partial charge < -0.3 is 4.74 Å². The summed E-state index contributed by atoms with van der Waals surface area (Å²) in [4.78, 5) is 23.5. The molecule has 0 aliphatic carbocycles. The molecule has 1 heterocycles. The lowest BCUT2D eigenvalue weighted by molar-refractivity contribution is -0.137. The second-order valence-electron chi connectivity index (χ2n) is 5.43. The van der Waals surface area contributed by atoms with Crippen LogP contribution in [-0.4, -0.2) is 36.4 Å². The number of nitrogens with zero attached hydrogens (tertiary/aromatic N) is 2. The van der Waals surface area contributed by atoms with Gasteiger partial charge in [0.15, 0.2) is 0 Å². The Morgan fingerprint density at radius 1 is 1.40 bits per heavy atom. The van der Waals surface area contributed by atoms with Gasteiger partial charge in [0.2, 0.25) is 0 Å². The van der Waals surface area contributed by atoms with Crippen LogP contribution >= 0.6 is 11.6 Å². The summed E-state index contributed by atoms with van der Waals surface area (Å²) in [6.45, 7) is 1.60. The summed E-state index contributed by atoms with van der Waals surface area (Å²) in [6.07, 6.45) is -5.30. The van der Waals surface area contributed by atoms with Crippen LogP contribution < -0.4 is 5.32 Å². The van der Waals surface area contributed by atoms with E-state index in [0.29, 0.717) is 5.71 Å². The first-order valence-electron chi connectivity index (χ1n) is 7.22. The van der Waals surface area contributed by atoms with Crippen molar-refractivity contribution in [2.75, 3.05) is 19.0 Å². The van der Waals surface area contributed by atoms with E-state index >= 15 is 0 Å². The van der Waals surface area contributed by atoms with Crippen LogP contribution in [0.3, 0.4) is 0 Å². The first-order valence-corrected chi connectivity index (χ1v) is 7.60. The zero-order valence-electron chi connectivity index (χ0n) is 13.4. The lowest BCUT2D eigenvalue weighted by Gasteiger charge is -2.12. The number of carbonyl (C=O) groups is 2. The predicted molar refractivity (Wildman–Crippen MR) is 85.4 cm³/mol. The molecule has 10 heteroatoms. The Morgan fingerprint density at radius 2 is 2.08 bits per heavy atom. The van der Waals surface area contributed by atoms with Crippen molar-refractivity contribution >= 4 is 35.0 Å². The van der Waals surface area contributed by atoms with E-state index in [0.717, 1.165) is 12.1 Å². The van der Waals surface area contributed by atoms with E-state index < -0.39 is 23.8 Å². The van der Waals surface area contributed by atoms with Gasteiger partial charge in [-0.1, -0.05) is 11.6 Å². The highest BCUT2D eigenvalue weighted by Crippen LogP contribution is 2.33. The number of anilines is 1. The van der Waals surface area contributed by atoms with Crippen molar-refractivity contribution in [2.45, 2.75) is 19.5 Å². The number of halogens is 4. The number of amides is 2. The number of hydrogen-bond acceptors (Lipinski definition) is 4. The lowest BCUT2D eigenvalue weighted by atomic mass is 10.0. The zero-order valence-corrected chi connectivity index (χ0v) is 14.1. The maximum atomic E-state index is 12.7. The second-order valence-corrected chi connectivity index (χ2v) is 5.87. The molecule has 25 heavy (non-hydrogen) atoms. The fourth-order valence-corrected chi connectivity index (χ4v) is 2.58. The van der Waals surface area contributed by atoms with Crippen molar-refractivity contribution in [1.82, 2.24) is 5.01 Å². The highest BCUT2D eigenvalue weighted by Gasteiger charge is 2.32. The average molecular weight is 378 g/mol. The van der Waals surface area contributed by atoms with Crippen molar-refractivity contribution < 1.29 is 27.5 Å². The molecule has 0 bridgehead atoms. The molecule has 2 rings (SSSR count). The number of hydrogen-bond donors (Lipinski definition) is 1. The van der Waals surface area contributed by atoms with Crippen LogP contribution in [0.25, 0.3) is 0 Å². The first kappa shape index (κ1) is 19.0. The minimum Gasteiger partial charge on any atom is -0.449 e. The van der Waals surface area contributed by atoms with Crippen molar-refractivity contribution in [2.24, 2.45) is 11.0 Å². The van der Waals surface area contributed by atoms with Gasteiger partial charge in [-0.05, 0) is 31.5 Å². The molecule has 1 aliphatic rings. The first-order chi connectivity index (χ1) is 11.6. The van der Waals surface area contributed by atoms with E-state index in [1.807, 2.05) is 0 Å². The number of hydrazone groups is 1. The van der Waals surface area contributed by atoms with Gasteiger partial charge in [-0.15, -0.1) is 0 Å². The van der Waals surface area contributed by atoms with Crippen molar-refractivity contribution in [3.05, 3.63) is 28.8 Å². The molecule has 136 valence electrons. The Labute approximate surface area is 146 Å². The van der Waals surface area contributed by atoms with E-state index in [4.69, 9.17) is 16.3 Å². The van der Waals surface area contributed by atoms with Gasteiger partial charge >= 0.3 is 12.3 Å². The van der Waals surface area contributed by atoms with E-state index in [1.165, 1.54) is 18.1 Å². The number of carbonyl (C=O) groups excluding carboxylic acids is 2. The lowest BCUT2D eigenvalue weighted by Crippen LogP contribution is -2.26. The molecule has 1 atom stereocenters. The summed E-state index contributed by atoms with van der Waals surface area (Å²) in [7, 11) is 1.52.